The highest BCUT2D eigenvalue weighted by Gasteiger charge is 2.34. The molecule has 2 aliphatic rings. The van der Waals surface area contributed by atoms with E-state index in [4.69, 9.17) is 14.2 Å². The summed E-state index contributed by atoms with van der Waals surface area (Å²) in [5, 5.41) is 2.40. The number of rotatable bonds is 9. The van der Waals surface area contributed by atoms with Gasteiger partial charge in [-0.15, -0.1) is 0 Å². The molecule has 0 atom stereocenters. The van der Waals surface area contributed by atoms with E-state index in [0.29, 0.717) is 35.9 Å². The first-order valence-electron chi connectivity index (χ1n) is 10.6. The minimum Gasteiger partial charge on any atom is -0.494 e. The van der Waals surface area contributed by atoms with Crippen LogP contribution < -0.4 is 19.5 Å². The summed E-state index contributed by atoms with van der Waals surface area (Å²) in [4.78, 5) is 38.4. The number of nitrogens with one attached hydrogen (secondary N) is 1. The van der Waals surface area contributed by atoms with E-state index in [1.54, 1.807) is 24.3 Å². The van der Waals surface area contributed by atoms with Crippen molar-refractivity contribution in [2.45, 2.75) is 19.8 Å². The fourth-order valence-electron chi connectivity index (χ4n) is 3.37. The molecule has 1 N–H and O–H groups in total. The van der Waals surface area contributed by atoms with Crippen LogP contribution in [0.2, 0.25) is 0 Å². The smallest absolute Gasteiger partial charge is 0.293 e. The number of fused-ring (bicyclic) bond motifs is 1. The van der Waals surface area contributed by atoms with Gasteiger partial charge in [-0.05, 0) is 66.6 Å². The average molecular weight is 469 g/mol. The van der Waals surface area contributed by atoms with Gasteiger partial charge in [0, 0.05) is 19.5 Å². The highest BCUT2D eigenvalue weighted by atomic mass is 32.2. The second-order valence-corrected chi connectivity index (χ2v) is 8.56. The standard InChI is InChI=1S/C24H24N2O6S/c1-16-4-2-5-18(12-16)30-11-3-6-22(27)25-9-10-26-23(28)21(33-24(26)29)14-17-7-8-19-20(13-17)32-15-31-19/h2,4-5,7-8,12-14H,3,6,9-11,15H2,1H3,(H,25,27)/b21-14-. The van der Waals surface area contributed by atoms with E-state index in [1.165, 1.54) is 0 Å². The number of thioether (sulfide) groups is 1. The van der Waals surface area contributed by atoms with Gasteiger partial charge in [0.25, 0.3) is 11.1 Å². The Labute approximate surface area is 195 Å². The van der Waals surface area contributed by atoms with Crippen LogP contribution in [0.3, 0.4) is 0 Å². The third-order valence-electron chi connectivity index (χ3n) is 5.03. The Bertz CT molecular complexity index is 1100. The van der Waals surface area contributed by atoms with Crippen LogP contribution in [0.1, 0.15) is 24.0 Å². The number of benzene rings is 2. The Balaban J connectivity index is 1.19. The number of imide groups is 1. The molecular weight excluding hydrogens is 444 g/mol. The second kappa shape index (κ2) is 10.4. The summed E-state index contributed by atoms with van der Waals surface area (Å²) in [7, 11) is 0. The molecule has 8 nitrogen and oxygen atoms in total. The summed E-state index contributed by atoms with van der Waals surface area (Å²) in [5.74, 6) is 1.52. The Kier molecular flexibility index (Phi) is 7.19. The van der Waals surface area contributed by atoms with Crippen molar-refractivity contribution in [2.24, 2.45) is 0 Å². The third-order valence-corrected chi connectivity index (χ3v) is 5.94. The van der Waals surface area contributed by atoms with E-state index in [9.17, 15) is 14.4 Å². The number of hydrogen-bond acceptors (Lipinski definition) is 7. The van der Waals surface area contributed by atoms with Crippen molar-refractivity contribution in [3.63, 3.8) is 0 Å². The molecule has 0 radical (unpaired) electrons. The summed E-state index contributed by atoms with van der Waals surface area (Å²) in [6.45, 7) is 2.91. The van der Waals surface area contributed by atoms with E-state index < -0.39 is 0 Å². The van der Waals surface area contributed by atoms with Gasteiger partial charge in [0.1, 0.15) is 5.75 Å². The maximum absolute atomic E-state index is 12.6. The van der Waals surface area contributed by atoms with Crippen LogP contribution in [0.15, 0.2) is 47.4 Å². The van der Waals surface area contributed by atoms with Gasteiger partial charge < -0.3 is 19.5 Å². The Morgan fingerprint density at radius 2 is 2.03 bits per heavy atom. The number of ether oxygens (including phenoxy) is 3. The summed E-state index contributed by atoms with van der Waals surface area (Å²) in [6.07, 6.45) is 2.52. The molecule has 4 rings (SSSR count). The lowest BCUT2D eigenvalue weighted by Crippen LogP contribution is -2.37. The van der Waals surface area contributed by atoms with Crippen LogP contribution in [-0.2, 0) is 9.59 Å². The molecule has 0 spiro atoms. The van der Waals surface area contributed by atoms with Crippen molar-refractivity contribution >= 4 is 34.9 Å². The molecule has 172 valence electrons. The first kappa shape index (κ1) is 22.7. The maximum Gasteiger partial charge on any atom is 0.293 e. The largest absolute Gasteiger partial charge is 0.494 e. The molecule has 0 unspecified atom stereocenters. The molecule has 0 saturated carbocycles. The SMILES string of the molecule is Cc1cccc(OCCCC(=O)NCCN2C(=O)S/C(=C\c3ccc4c(c3)OCO4)C2=O)c1. The highest BCUT2D eigenvalue weighted by molar-refractivity contribution is 8.18. The normalized spacial score (nSPS) is 15.9. The molecule has 2 aromatic carbocycles. The van der Waals surface area contributed by atoms with Crippen molar-refractivity contribution in [3.8, 4) is 17.2 Å². The summed E-state index contributed by atoms with van der Waals surface area (Å²) in [5.41, 5.74) is 1.86. The number of aryl methyl sites for hydroxylation is 1. The zero-order valence-corrected chi connectivity index (χ0v) is 19.0. The van der Waals surface area contributed by atoms with Crippen molar-refractivity contribution in [3.05, 3.63) is 58.5 Å². The third kappa shape index (κ3) is 5.87. The maximum atomic E-state index is 12.6. The van der Waals surface area contributed by atoms with Crippen LogP contribution in [-0.4, -0.2) is 48.4 Å². The molecular formula is C24H24N2O6S. The summed E-state index contributed by atoms with van der Waals surface area (Å²) < 4.78 is 16.3. The van der Waals surface area contributed by atoms with Crippen molar-refractivity contribution < 1.29 is 28.6 Å². The van der Waals surface area contributed by atoms with E-state index in [1.807, 2.05) is 31.2 Å². The molecule has 1 saturated heterocycles. The number of carbonyl (C=O) groups is 3. The second-order valence-electron chi connectivity index (χ2n) is 7.56. The molecule has 3 amide bonds. The first-order chi connectivity index (χ1) is 16.0. The molecule has 0 aromatic heterocycles. The topological polar surface area (TPSA) is 94.2 Å². The van der Waals surface area contributed by atoms with Crippen LogP contribution >= 0.6 is 11.8 Å². The highest BCUT2D eigenvalue weighted by Crippen LogP contribution is 2.36. The van der Waals surface area contributed by atoms with Crippen molar-refractivity contribution in [1.82, 2.24) is 10.2 Å². The van der Waals surface area contributed by atoms with E-state index >= 15 is 0 Å². The average Bonchev–Trinajstić information content (AvgIpc) is 3.36. The van der Waals surface area contributed by atoms with Crippen molar-refractivity contribution in [2.75, 3.05) is 26.5 Å². The predicted octanol–water partition coefficient (Wildman–Crippen LogP) is 3.74. The molecule has 9 heteroatoms. The lowest BCUT2D eigenvalue weighted by molar-refractivity contribution is -0.124. The van der Waals surface area contributed by atoms with Crippen LogP contribution in [0.25, 0.3) is 6.08 Å². The molecule has 0 bridgehead atoms. The Morgan fingerprint density at radius 1 is 1.18 bits per heavy atom. The molecule has 0 aliphatic carbocycles. The quantitative estimate of drug-likeness (QED) is 0.443. The number of carbonyl (C=O) groups excluding carboxylic acids is 3. The fraction of sp³-hybridized carbons (Fsp3) is 0.292. The van der Waals surface area contributed by atoms with Gasteiger partial charge in [-0.25, -0.2) is 0 Å². The van der Waals surface area contributed by atoms with Gasteiger partial charge in [-0.3, -0.25) is 19.3 Å². The van der Waals surface area contributed by atoms with E-state index in [2.05, 4.69) is 5.32 Å². The van der Waals surface area contributed by atoms with Crippen LogP contribution in [0, 0.1) is 6.92 Å². The first-order valence-corrected chi connectivity index (χ1v) is 11.4. The number of amides is 3. The zero-order chi connectivity index (χ0) is 23.2. The van der Waals surface area contributed by atoms with Crippen LogP contribution in [0.5, 0.6) is 17.2 Å². The summed E-state index contributed by atoms with van der Waals surface area (Å²) in [6, 6.07) is 13.1. The van der Waals surface area contributed by atoms with Gasteiger partial charge in [-0.1, -0.05) is 18.2 Å². The van der Waals surface area contributed by atoms with Gasteiger partial charge in [0.05, 0.1) is 11.5 Å². The fourth-order valence-corrected chi connectivity index (χ4v) is 4.24. The minimum absolute atomic E-state index is 0.120. The van der Waals surface area contributed by atoms with Crippen molar-refractivity contribution in [1.29, 1.82) is 0 Å². The summed E-state index contributed by atoms with van der Waals surface area (Å²) >= 11 is 0.882. The van der Waals surface area contributed by atoms with E-state index in [0.717, 1.165) is 33.5 Å². The lowest BCUT2D eigenvalue weighted by atomic mass is 10.2. The van der Waals surface area contributed by atoms with Gasteiger partial charge in [-0.2, -0.15) is 0 Å². The molecule has 1 fully saturated rings. The van der Waals surface area contributed by atoms with Crippen LogP contribution in [0.4, 0.5) is 4.79 Å². The Morgan fingerprint density at radius 3 is 2.88 bits per heavy atom. The molecule has 2 heterocycles. The number of nitrogens with zero attached hydrogens (tertiary/aromatic N) is 1. The Hall–Kier alpha value is -3.46. The minimum atomic E-state index is -0.372. The van der Waals surface area contributed by atoms with E-state index in [-0.39, 0.29) is 36.9 Å². The predicted molar refractivity (Wildman–Crippen MR) is 124 cm³/mol. The number of hydrogen-bond donors (Lipinski definition) is 1. The van der Waals surface area contributed by atoms with Gasteiger partial charge in [0.2, 0.25) is 12.7 Å². The lowest BCUT2D eigenvalue weighted by Gasteiger charge is -2.13. The zero-order valence-electron chi connectivity index (χ0n) is 18.2. The van der Waals surface area contributed by atoms with Gasteiger partial charge in [0.15, 0.2) is 11.5 Å². The molecule has 33 heavy (non-hydrogen) atoms. The van der Waals surface area contributed by atoms with Gasteiger partial charge >= 0.3 is 0 Å². The molecule has 2 aliphatic heterocycles. The molecule has 2 aromatic rings. The monoisotopic (exact) mass is 468 g/mol.